The zero-order valence-corrected chi connectivity index (χ0v) is 14.5. The monoisotopic (exact) mass is 388 g/mol. The Bertz CT molecular complexity index is 920. The van der Waals surface area contributed by atoms with E-state index in [-0.39, 0.29) is 11.6 Å². The van der Waals surface area contributed by atoms with E-state index in [1.54, 1.807) is 12.1 Å². The average molecular weight is 389 g/mol. The third-order valence-electron chi connectivity index (χ3n) is 3.44. The van der Waals surface area contributed by atoms with Crippen LogP contribution in [-0.2, 0) is 22.7 Å². The van der Waals surface area contributed by atoms with Gasteiger partial charge in [0.05, 0.1) is 22.2 Å². The Kier molecular flexibility index (Phi) is 5.42. The van der Waals surface area contributed by atoms with Crippen molar-refractivity contribution in [2.24, 2.45) is 0 Å². The number of hydrogen-bond acceptors (Lipinski definition) is 3. The van der Waals surface area contributed by atoms with Crippen molar-refractivity contribution < 1.29 is 21.6 Å². The fourth-order valence-electron chi connectivity index (χ4n) is 2.07. The SMILES string of the molecule is CN(Cc1ccc(C#N)cc1)S(=O)(=O)c1cc(C(F)(F)F)ccc1Cl. The van der Waals surface area contributed by atoms with Gasteiger partial charge >= 0.3 is 6.18 Å². The van der Waals surface area contributed by atoms with E-state index in [2.05, 4.69) is 0 Å². The highest BCUT2D eigenvalue weighted by Gasteiger charge is 2.33. The number of nitrogens with zero attached hydrogens (tertiary/aromatic N) is 2. The van der Waals surface area contributed by atoms with Crippen molar-refractivity contribution in [2.75, 3.05) is 7.05 Å². The molecule has 9 heteroatoms. The molecule has 0 bridgehead atoms. The molecule has 0 aliphatic rings. The zero-order chi connectivity index (χ0) is 18.8. The molecule has 0 amide bonds. The highest BCUT2D eigenvalue weighted by atomic mass is 35.5. The summed E-state index contributed by atoms with van der Waals surface area (Å²) in [6.45, 7) is -0.0827. The number of halogens is 4. The number of hydrogen-bond donors (Lipinski definition) is 0. The summed E-state index contributed by atoms with van der Waals surface area (Å²) in [6, 6.07) is 10.3. The van der Waals surface area contributed by atoms with Crippen LogP contribution in [0, 0.1) is 11.3 Å². The molecule has 0 atom stereocenters. The maximum atomic E-state index is 12.8. The van der Waals surface area contributed by atoms with E-state index in [0.717, 1.165) is 16.4 Å². The van der Waals surface area contributed by atoms with Crippen LogP contribution in [0.2, 0.25) is 5.02 Å². The van der Waals surface area contributed by atoms with E-state index in [1.807, 2.05) is 6.07 Å². The number of alkyl halides is 3. The second-order valence-electron chi connectivity index (χ2n) is 5.21. The van der Waals surface area contributed by atoms with E-state index in [1.165, 1.54) is 19.2 Å². The standard InChI is InChI=1S/C16H12ClF3N2O2S/c1-22(10-12-4-2-11(9-21)3-5-12)25(23,24)15-8-13(16(18,19)20)6-7-14(15)17/h2-8H,10H2,1H3. The molecule has 0 aliphatic heterocycles. The molecule has 0 saturated heterocycles. The van der Waals surface area contributed by atoms with Crippen molar-refractivity contribution in [1.29, 1.82) is 5.26 Å². The van der Waals surface area contributed by atoms with Crippen LogP contribution in [0.15, 0.2) is 47.4 Å². The maximum Gasteiger partial charge on any atom is 0.416 e. The number of benzene rings is 2. The third-order valence-corrected chi connectivity index (χ3v) is 5.72. The maximum absolute atomic E-state index is 12.8. The molecule has 132 valence electrons. The molecular formula is C16H12ClF3N2O2S. The first-order chi connectivity index (χ1) is 11.6. The molecule has 0 radical (unpaired) electrons. The molecule has 0 aliphatic carbocycles. The van der Waals surface area contributed by atoms with Crippen molar-refractivity contribution in [1.82, 2.24) is 4.31 Å². The lowest BCUT2D eigenvalue weighted by atomic mass is 10.1. The van der Waals surface area contributed by atoms with Crippen molar-refractivity contribution in [3.63, 3.8) is 0 Å². The lowest BCUT2D eigenvalue weighted by Crippen LogP contribution is -2.27. The zero-order valence-electron chi connectivity index (χ0n) is 12.9. The molecule has 0 heterocycles. The molecule has 0 unspecified atom stereocenters. The van der Waals surface area contributed by atoms with Gasteiger partial charge in [0.15, 0.2) is 0 Å². The Morgan fingerprint density at radius 2 is 1.76 bits per heavy atom. The van der Waals surface area contributed by atoms with Crippen molar-refractivity contribution in [3.05, 3.63) is 64.2 Å². The minimum Gasteiger partial charge on any atom is -0.207 e. The largest absolute Gasteiger partial charge is 0.416 e. The molecule has 0 fully saturated rings. The van der Waals surface area contributed by atoms with Gasteiger partial charge in [0, 0.05) is 13.6 Å². The van der Waals surface area contributed by atoms with E-state index in [9.17, 15) is 21.6 Å². The minimum atomic E-state index is -4.68. The molecule has 2 rings (SSSR count). The Morgan fingerprint density at radius 3 is 2.28 bits per heavy atom. The summed E-state index contributed by atoms with van der Waals surface area (Å²) in [5.74, 6) is 0. The van der Waals surface area contributed by atoms with Gasteiger partial charge in [0.2, 0.25) is 10.0 Å². The van der Waals surface area contributed by atoms with Gasteiger partial charge in [0.1, 0.15) is 4.90 Å². The van der Waals surface area contributed by atoms with Crippen LogP contribution in [0.5, 0.6) is 0 Å². The highest BCUT2D eigenvalue weighted by molar-refractivity contribution is 7.89. The summed E-state index contributed by atoms with van der Waals surface area (Å²) in [4.78, 5) is -0.611. The smallest absolute Gasteiger partial charge is 0.207 e. The Balaban J connectivity index is 2.35. The summed E-state index contributed by atoms with van der Waals surface area (Å²) in [5.41, 5.74) is -0.106. The Morgan fingerprint density at radius 1 is 1.16 bits per heavy atom. The van der Waals surface area contributed by atoms with Crippen LogP contribution in [0.1, 0.15) is 16.7 Å². The molecule has 0 aromatic heterocycles. The van der Waals surface area contributed by atoms with Crippen molar-refractivity contribution in [3.8, 4) is 6.07 Å². The fraction of sp³-hybridized carbons (Fsp3) is 0.188. The van der Waals surface area contributed by atoms with Crippen LogP contribution in [0.25, 0.3) is 0 Å². The third kappa shape index (κ3) is 4.31. The van der Waals surface area contributed by atoms with E-state index in [0.29, 0.717) is 17.2 Å². The second-order valence-corrected chi connectivity index (χ2v) is 7.63. The summed E-state index contributed by atoms with van der Waals surface area (Å²) in [6.07, 6.45) is -4.68. The van der Waals surface area contributed by atoms with Gasteiger partial charge in [-0.2, -0.15) is 22.7 Å². The first-order valence-electron chi connectivity index (χ1n) is 6.88. The quantitative estimate of drug-likeness (QED) is 0.793. The minimum absolute atomic E-state index is 0.0827. The predicted molar refractivity (Wildman–Crippen MR) is 86.3 cm³/mol. The van der Waals surface area contributed by atoms with Crippen molar-refractivity contribution >= 4 is 21.6 Å². The summed E-state index contributed by atoms with van der Waals surface area (Å²) in [7, 11) is -2.99. The number of rotatable bonds is 4. The van der Waals surface area contributed by atoms with Gasteiger partial charge in [-0.25, -0.2) is 8.42 Å². The van der Waals surface area contributed by atoms with Gasteiger partial charge in [-0.15, -0.1) is 0 Å². The molecule has 4 nitrogen and oxygen atoms in total. The summed E-state index contributed by atoms with van der Waals surface area (Å²) in [5, 5.41) is 8.46. The summed E-state index contributed by atoms with van der Waals surface area (Å²) >= 11 is 5.81. The first kappa shape index (κ1) is 19.2. The van der Waals surface area contributed by atoms with Crippen LogP contribution in [0.4, 0.5) is 13.2 Å². The molecule has 25 heavy (non-hydrogen) atoms. The Labute approximate surface area is 148 Å². The van der Waals surface area contributed by atoms with Crippen LogP contribution in [0.3, 0.4) is 0 Å². The lowest BCUT2D eigenvalue weighted by Gasteiger charge is -2.19. The molecule has 2 aromatic rings. The Hall–Kier alpha value is -2.08. The first-order valence-corrected chi connectivity index (χ1v) is 8.69. The van der Waals surface area contributed by atoms with Gasteiger partial charge in [-0.05, 0) is 35.9 Å². The molecule has 2 aromatic carbocycles. The highest BCUT2D eigenvalue weighted by Crippen LogP contribution is 2.34. The number of sulfonamides is 1. The fourth-order valence-corrected chi connectivity index (χ4v) is 3.73. The van der Waals surface area contributed by atoms with E-state index in [4.69, 9.17) is 16.9 Å². The van der Waals surface area contributed by atoms with E-state index < -0.39 is 26.7 Å². The molecule has 0 saturated carbocycles. The predicted octanol–water partition coefficient (Wildman–Crippen LogP) is 4.05. The molecule has 0 spiro atoms. The average Bonchev–Trinajstić information content (AvgIpc) is 2.54. The van der Waals surface area contributed by atoms with E-state index >= 15 is 0 Å². The van der Waals surface area contributed by atoms with Gasteiger partial charge in [0.25, 0.3) is 0 Å². The van der Waals surface area contributed by atoms with Crippen LogP contribution in [-0.4, -0.2) is 19.8 Å². The van der Waals surface area contributed by atoms with Crippen LogP contribution >= 0.6 is 11.6 Å². The topological polar surface area (TPSA) is 61.2 Å². The molecular weight excluding hydrogens is 377 g/mol. The van der Waals surface area contributed by atoms with Gasteiger partial charge in [-0.1, -0.05) is 23.7 Å². The number of nitriles is 1. The lowest BCUT2D eigenvalue weighted by molar-refractivity contribution is -0.137. The molecule has 0 N–H and O–H groups in total. The van der Waals surface area contributed by atoms with Crippen LogP contribution < -0.4 is 0 Å². The van der Waals surface area contributed by atoms with Gasteiger partial charge < -0.3 is 0 Å². The summed E-state index contributed by atoms with van der Waals surface area (Å²) < 4.78 is 64.5. The second kappa shape index (κ2) is 7.04. The normalized spacial score (nSPS) is 12.2. The van der Waals surface area contributed by atoms with Crippen molar-refractivity contribution in [2.45, 2.75) is 17.6 Å². The van der Waals surface area contributed by atoms with Gasteiger partial charge in [-0.3, -0.25) is 0 Å².